The van der Waals surface area contributed by atoms with E-state index in [0.717, 1.165) is 22.8 Å². The molecule has 2 aromatic heterocycles. The Kier molecular flexibility index (Phi) is 5.85. The molecule has 0 spiro atoms. The highest BCUT2D eigenvalue weighted by Gasteiger charge is 2.31. The molecule has 0 unspecified atom stereocenters. The van der Waals surface area contributed by atoms with Crippen molar-refractivity contribution in [2.75, 3.05) is 11.1 Å². The van der Waals surface area contributed by atoms with E-state index in [2.05, 4.69) is 15.6 Å². The molecule has 5 nitrogen and oxygen atoms in total. The van der Waals surface area contributed by atoms with Crippen LogP contribution in [0.2, 0.25) is 0 Å². The van der Waals surface area contributed by atoms with E-state index in [1.54, 1.807) is 11.8 Å². The third-order valence-electron chi connectivity index (χ3n) is 3.57. The summed E-state index contributed by atoms with van der Waals surface area (Å²) in [6.07, 6.45) is -4.48. The second-order valence-corrected chi connectivity index (χ2v) is 7.61. The molecule has 3 aromatic rings. The van der Waals surface area contributed by atoms with Gasteiger partial charge in [0.05, 0.1) is 16.3 Å². The van der Waals surface area contributed by atoms with Gasteiger partial charge in [-0.3, -0.25) is 4.79 Å². The first kappa shape index (κ1) is 19.4. The first-order valence-electron chi connectivity index (χ1n) is 7.94. The maximum Gasteiger partial charge on any atom is 0.416 e. The van der Waals surface area contributed by atoms with Gasteiger partial charge in [0, 0.05) is 5.69 Å². The van der Waals surface area contributed by atoms with Crippen molar-refractivity contribution < 1.29 is 18.0 Å². The predicted molar refractivity (Wildman–Crippen MR) is 101 cm³/mol. The molecule has 0 aliphatic rings. The smallest absolute Gasteiger partial charge is 0.321 e. The van der Waals surface area contributed by atoms with Crippen molar-refractivity contribution in [3.63, 3.8) is 0 Å². The van der Waals surface area contributed by atoms with Crippen LogP contribution in [0.25, 0.3) is 10.6 Å². The Hall–Kier alpha value is -2.33. The number of thioether (sulfide) groups is 1. The molecule has 2 heterocycles. The van der Waals surface area contributed by atoms with Crippen molar-refractivity contribution in [3.05, 3.63) is 53.0 Å². The van der Waals surface area contributed by atoms with E-state index in [4.69, 9.17) is 0 Å². The van der Waals surface area contributed by atoms with Crippen LogP contribution in [0.3, 0.4) is 0 Å². The molecule has 0 saturated heterocycles. The zero-order chi connectivity index (χ0) is 19.4. The summed E-state index contributed by atoms with van der Waals surface area (Å²) in [6.45, 7) is 1.98. The van der Waals surface area contributed by atoms with Gasteiger partial charge in [-0.2, -0.15) is 13.2 Å². The number of rotatable bonds is 6. The molecular weight excluding hydrogens is 397 g/mol. The largest absolute Gasteiger partial charge is 0.416 e. The summed E-state index contributed by atoms with van der Waals surface area (Å²) in [7, 11) is 0. The molecule has 0 radical (unpaired) electrons. The van der Waals surface area contributed by atoms with Crippen molar-refractivity contribution in [2.45, 2.75) is 19.0 Å². The number of benzene rings is 1. The van der Waals surface area contributed by atoms with Crippen LogP contribution >= 0.6 is 23.1 Å². The molecule has 3 rings (SSSR count). The van der Waals surface area contributed by atoms with Crippen LogP contribution in [0.1, 0.15) is 23.0 Å². The molecule has 0 aliphatic carbocycles. The second kappa shape index (κ2) is 8.13. The molecule has 0 saturated carbocycles. The molecule has 142 valence electrons. The van der Waals surface area contributed by atoms with Gasteiger partial charge in [0.15, 0.2) is 5.69 Å². The third-order valence-corrected chi connectivity index (χ3v) is 5.28. The van der Waals surface area contributed by atoms with Gasteiger partial charge in [-0.25, -0.2) is 4.68 Å². The number of nitrogens with zero attached hydrogens (tertiary/aromatic N) is 3. The molecule has 10 heteroatoms. The number of alkyl halides is 3. The first-order valence-corrected chi connectivity index (χ1v) is 9.97. The lowest BCUT2D eigenvalue weighted by atomic mass is 10.2. The summed E-state index contributed by atoms with van der Waals surface area (Å²) in [4.78, 5) is 13.6. The fraction of sp³-hybridized carbons (Fsp3) is 0.235. The Morgan fingerprint density at radius 3 is 2.78 bits per heavy atom. The van der Waals surface area contributed by atoms with Crippen molar-refractivity contribution in [3.8, 4) is 10.6 Å². The summed E-state index contributed by atoms with van der Waals surface area (Å²) in [6, 6.07) is 8.16. The highest BCUT2D eigenvalue weighted by atomic mass is 32.2. The lowest BCUT2D eigenvalue weighted by Gasteiger charge is -2.11. The summed E-state index contributed by atoms with van der Waals surface area (Å²) < 4.78 is 40.1. The molecule has 0 fully saturated rings. The van der Waals surface area contributed by atoms with Gasteiger partial charge >= 0.3 is 6.18 Å². The zero-order valence-corrected chi connectivity index (χ0v) is 15.8. The monoisotopic (exact) mass is 412 g/mol. The normalized spacial score (nSPS) is 11.6. The quantitative estimate of drug-likeness (QED) is 0.620. The highest BCUT2D eigenvalue weighted by molar-refractivity contribution is 7.98. The van der Waals surface area contributed by atoms with Crippen molar-refractivity contribution in [2.24, 2.45) is 0 Å². The number of nitrogens with one attached hydrogen (secondary N) is 1. The summed E-state index contributed by atoms with van der Waals surface area (Å²) in [5, 5.41) is 12.5. The van der Waals surface area contributed by atoms with Crippen molar-refractivity contribution in [1.29, 1.82) is 0 Å². The van der Waals surface area contributed by atoms with Crippen molar-refractivity contribution >= 4 is 34.7 Å². The van der Waals surface area contributed by atoms with Gasteiger partial charge in [-0.15, -0.1) is 28.2 Å². The number of carbonyl (C=O) groups excluding carboxylic acids is 1. The number of anilines is 1. The highest BCUT2D eigenvalue weighted by Crippen LogP contribution is 2.31. The van der Waals surface area contributed by atoms with Crippen LogP contribution < -0.4 is 5.32 Å². The zero-order valence-electron chi connectivity index (χ0n) is 14.2. The van der Waals surface area contributed by atoms with Gasteiger partial charge in [0.25, 0.3) is 5.91 Å². The Morgan fingerprint density at radius 2 is 2.11 bits per heavy atom. The summed E-state index contributed by atoms with van der Waals surface area (Å²) in [5.41, 5.74) is -0.142. The van der Waals surface area contributed by atoms with Gasteiger partial charge in [-0.1, -0.05) is 24.3 Å². The number of amides is 1. The average molecular weight is 412 g/mol. The second-order valence-electron chi connectivity index (χ2n) is 5.42. The van der Waals surface area contributed by atoms with Crippen molar-refractivity contribution in [1.82, 2.24) is 15.0 Å². The predicted octanol–water partition coefficient (Wildman–Crippen LogP) is 4.99. The molecule has 0 bridgehead atoms. The number of halogens is 3. The van der Waals surface area contributed by atoms with Crippen LogP contribution in [0.5, 0.6) is 0 Å². The maximum atomic E-state index is 12.9. The molecule has 1 N–H and O–H groups in total. The number of hydrogen-bond donors (Lipinski definition) is 1. The molecule has 1 aromatic carbocycles. The van der Waals surface area contributed by atoms with E-state index in [-0.39, 0.29) is 11.4 Å². The summed E-state index contributed by atoms with van der Waals surface area (Å²) in [5.74, 6) is 0.683. The van der Waals surface area contributed by atoms with E-state index < -0.39 is 17.6 Å². The minimum absolute atomic E-state index is 0.0582. The minimum Gasteiger partial charge on any atom is -0.321 e. The van der Waals surface area contributed by atoms with Gasteiger partial charge in [0.2, 0.25) is 0 Å². The van der Waals surface area contributed by atoms with E-state index in [1.165, 1.54) is 28.2 Å². The molecule has 0 aliphatic heterocycles. The van der Waals surface area contributed by atoms with Crippen LogP contribution in [0, 0.1) is 0 Å². The standard InChI is InChI=1S/C17H15F3N4OS2/c1-2-26-10-24-15(14(22-23-24)13-7-4-8-27-13)16(25)21-12-6-3-5-11(9-12)17(18,19)20/h3-9H,2,10H2,1H3,(H,21,25). The molecule has 0 atom stereocenters. The topological polar surface area (TPSA) is 59.8 Å². The molecule has 1 amide bonds. The fourth-order valence-corrected chi connectivity index (χ4v) is 3.60. The fourth-order valence-electron chi connectivity index (χ4n) is 2.35. The average Bonchev–Trinajstić information content (AvgIpc) is 3.28. The number of thiophene rings is 1. The molecular formula is C17H15F3N4OS2. The Morgan fingerprint density at radius 1 is 1.30 bits per heavy atom. The Labute approximate surface area is 161 Å². The van der Waals surface area contributed by atoms with Crippen LogP contribution in [0.4, 0.5) is 18.9 Å². The van der Waals surface area contributed by atoms with E-state index in [9.17, 15) is 18.0 Å². The number of aromatic nitrogens is 3. The summed E-state index contributed by atoms with van der Waals surface area (Å²) >= 11 is 2.96. The van der Waals surface area contributed by atoms with E-state index in [0.29, 0.717) is 11.6 Å². The van der Waals surface area contributed by atoms with Gasteiger partial charge in [-0.05, 0) is 35.4 Å². The Balaban J connectivity index is 1.93. The third kappa shape index (κ3) is 4.51. The lowest BCUT2D eigenvalue weighted by molar-refractivity contribution is -0.137. The van der Waals surface area contributed by atoms with Gasteiger partial charge < -0.3 is 5.32 Å². The van der Waals surface area contributed by atoms with Crippen LogP contribution in [-0.4, -0.2) is 26.7 Å². The van der Waals surface area contributed by atoms with E-state index >= 15 is 0 Å². The molecule has 27 heavy (non-hydrogen) atoms. The van der Waals surface area contributed by atoms with Crippen LogP contribution in [-0.2, 0) is 12.1 Å². The van der Waals surface area contributed by atoms with Gasteiger partial charge in [0.1, 0.15) is 5.69 Å². The number of carbonyl (C=O) groups is 1. The first-order chi connectivity index (χ1) is 12.9. The van der Waals surface area contributed by atoms with Crippen LogP contribution in [0.15, 0.2) is 41.8 Å². The maximum absolute atomic E-state index is 12.9. The number of hydrogen-bond acceptors (Lipinski definition) is 5. The lowest BCUT2D eigenvalue weighted by Crippen LogP contribution is -2.18. The van der Waals surface area contributed by atoms with E-state index in [1.807, 2.05) is 24.4 Å². The Bertz CT molecular complexity index is 923. The SMILES string of the molecule is CCSCn1nnc(-c2cccs2)c1C(=O)Nc1cccc(C(F)(F)F)c1. The minimum atomic E-state index is -4.48.